The fourth-order valence-electron chi connectivity index (χ4n) is 3.52. The third-order valence-electron chi connectivity index (χ3n) is 4.66. The summed E-state index contributed by atoms with van der Waals surface area (Å²) in [6.07, 6.45) is 4.74. The van der Waals surface area contributed by atoms with Gasteiger partial charge < -0.3 is 5.11 Å². The molecule has 0 amide bonds. The fourth-order valence-corrected chi connectivity index (χ4v) is 4.82. The summed E-state index contributed by atoms with van der Waals surface area (Å²) >= 11 is 1.80. The highest BCUT2D eigenvalue weighted by atomic mass is 32.1. The molecule has 3 heterocycles. The predicted octanol–water partition coefficient (Wildman–Crippen LogP) is 3.90. The predicted molar refractivity (Wildman–Crippen MR) is 94.6 cm³/mol. The monoisotopic (exact) mass is 336 g/mol. The zero-order chi connectivity index (χ0) is 16.3. The van der Waals surface area contributed by atoms with Gasteiger partial charge in [-0.15, -0.1) is 16.4 Å². The molecule has 6 heteroatoms. The lowest BCUT2D eigenvalue weighted by molar-refractivity contribution is 0.475. The van der Waals surface area contributed by atoms with Gasteiger partial charge in [-0.3, -0.25) is 0 Å². The summed E-state index contributed by atoms with van der Waals surface area (Å²) in [5, 5.41) is 15.5. The minimum atomic E-state index is 0.222. The zero-order valence-electron chi connectivity index (χ0n) is 13.3. The second kappa shape index (κ2) is 5.01. The first-order valence-electron chi connectivity index (χ1n) is 8.18. The van der Waals surface area contributed by atoms with E-state index in [4.69, 9.17) is 9.97 Å². The van der Waals surface area contributed by atoms with Crippen LogP contribution in [0.25, 0.3) is 27.3 Å². The maximum absolute atomic E-state index is 9.73. The molecule has 120 valence electrons. The van der Waals surface area contributed by atoms with Crippen molar-refractivity contribution < 1.29 is 5.11 Å². The molecule has 0 unspecified atom stereocenters. The molecule has 5 rings (SSSR count). The van der Waals surface area contributed by atoms with Crippen molar-refractivity contribution in [3.63, 3.8) is 0 Å². The lowest BCUT2D eigenvalue weighted by Gasteiger charge is -2.10. The lowest BCUT2D eigenvalue weighted by atomic mass is 9.97. The zero-order valence-corrected chi connectivity index (χ0v) is 14.1. The van der Waals surface area contributed by atoms with Crippen molar-refractivity contribution in [3.05, 3.63) is 40.5 Å². The Morgan fingerprint density at radius 2 is 2.04 bits per heavy atom. The van der Waals surface area contributed by atoms with Crippen LogP contribution < -0.4 is 0 Å². The highest BCUT2D eigenvalue weighted by Gasteiger charge is 2.22. The van der Waals surface area contributed by atoms with Crippen LogP contribution in [0, 0.1) is 6.92 Å². The van der Waals surface area contributed by atoms with Crippen LogP contribution >= 0.6 is 11.3 Å². The normalized spacial score (nSPS) is 14.4. The number of benzene rings is 1. The molecule has 0 spiro atoms. The summed E-state index contributed by atoms with van der Waals surface area (Å²) < 4.78 is 1.84. The van der Waals surface area contributed by atoms with Gasteiger partial charge in [-0.2, -0.15) is 4.52 Å². The molecule has 0 fully saturated rings. The number of hydrogen-bond acceptors (Lipinski definition) is 5. The number of phenols is 1. The Balaban J connectivity index is 1.83. The largest absolute Gasteiger partial charge is 0.508 e. The SMILES string of the molecule is Cc1nc2sc3c(c2c2nc(-c4cccc(O)c4)nn12)CCCC3. The quantitative estimate of drug-likeness (QED) is 0.572. The second-order valence-corrected chi connectivity index (χ2v) is 7.35. The Morgan fingerprint density at radius 3 is 2.92 bits per heavy atom. The number of thiophene rings is 1. The molecule has 4 aromatic rings. The summed E-state index contributed by atoms with van der Waals surface area (Å²) in [7, 11) is 0. The van der Waals surface area contributed by atoms with Crippen LogP contribution in [0.1, 0.15) is 29.1 Å². The highest BCUT2D eigenvalue weighted by molar-refractivity contribution is 7.19. The molecule has 1 aliphatic carbocycles. The molecule has 0 saturated carbocycles. The third kappa shape index (κ3) is 1.96. The van der Waals surface area contributed by atoms with Gasteiger partial charge in [-0.05, 0) is 50.3 Å². The van der Waals surface area contributed by atoms with Gasteiger partial charge in [0.2, 0.25) is 0 Å². The van der Waals surface area contributed by atoms with Gasteiger partial charge in [0.1, 0.15) is 16.4 Å². The van der Waals surface area contributed by atoms with Gasteiger partial charge in [0.05, 0.1) is 5.39 Å². The molecule has 0 saturated heterocycles. The van der Waals surface area contributed by atoms with E-state index in [0.29, 0.717) is 5.82 Å². The molecular weight excluding hydrogens is 320 g/mol. The minimum absolute atomic E-state index is 0.222. The van der Waals surface area contributed by atoms with Gasteiger partial charge in [-0.25, -0.2) is 9.97 Å². The van der Waals surface area contributed by atoms with Crippen LogP contribution in [0.15, 0.2) is 24.3 Å². The van der Waals surface area contributed by atoms with Crippen LogP contribution in [0.4, 0.5) is 0 Å². The van der Waals surface area contributed by atoms with E-state index in [-0.39, 0.29) is 5.75 Å². The van der Waals surface area contributed by atoms with Crippen molar-refractivity contribution in [1.29, 1.82) is 0 Å². The Labute approximate surface area is 142 Å². The first-order chi connectivity index (χ1) is 11.7. The number of aryl methyl sites for hydroxylation is 3. The summed E-state index contributed by atoms with van der Waals surface area (Å²) in [6.45, 7) is 1.96. The molecule has 0 bridgehead atoms. The molecule has 0 aliphatic heterocycles. The van der Waals surface area contributed by atoms with E-state index in [1.54, 1.807) is 23.5 Å². The van der Waals surface area contributed by atoms with Crippen LogP contribution in [0.3, 0.4) is 0 Å². The lowest BCUT2D eigenvalue weighted by Crippen LogP contribution is -2.01. The van der Waals surface area contributed by atoms with E-state index in [2.05, 4.69) is 5.10 Å². The van der Waals surface area contributed by atoms with Gasteiger partial charge in [0.25, 0.3) is 0 Å². The van der Waals surface area contributed by atoms with Gasteiger partial charge >= 0.3 is 0 Å². The molecule has 1 N–H and O–H groups in total. The first-order valence-corrected chi connectivity index (χ1v) is 8.99. The topological polar surface area (TPSA) is 63.3 Å². The number of aromatic nitrogens is 4. The number of phenolic OH excluding ortho intramolecular Hbond substituents is 1. The van der Waals surface area contributed by atoms with E-state index in [0.717, 1.165) is 34.7 Å². The van der Waals surface area contributed by atoms with Crippen LogP contribution in [0.5, 0.6) is 5.75 Å². The average Bonchev–Trinajstić information content (AvgIpc) is 3.16. The second-order valence-electron chi connectivity index (χ2n) is 6.27. The van der Waals surface area contributed by atoms with Crippen molar-refractivity contribution in [2.45, 2.75) is 32.6 Å². The van der Waals surface area contributed by atoms with E-state index in [1.165, 1.54) is 28.7 Å². The van der Waals surface area contributed by atoms with Crippen LogP contribution in [-0.4, -0.2) is 24.7 Å². The Kier molecular flexibility index (Phi) is 2.91. The van der Waals surface area contributed by atoms with E-state index in [9.17, 15) is 5.11 Å². The first kappa shape index (κ1) is 13.9. The van der Waals surface area contributed by atoms with Crippen molar-refractivity contribution in [2.24, 2.45) is 0 Å². The molecule has 1 aliphatic rings. The molecule has 5 nitrogen and oxygen atoms in total. The standard InChI is InChI=1S/C18H16N4OS/c1-10-19-18-15(13-7-2-3-8-14(13)24-18)17-20-16(21-22(10)17)11-5-4-6-12(23)9-11/h4-6,9,23H,2-3,7-8H2,1H3. The highest BCUT2D eigenvalue weighted by Crippen LogP contribution is 2.37. The Bertz CT molecular complexity index is 1100. The van der Waals surface area contributed by atoms with Crippen molar-refractivity contribution in [2.75, 3.05) is 0 Å². The van der Waals surface area contributed by atoms with E-state index >= 15 is 0 Å². The molecular formula is C18H16N4OS. The van der Waals surface area contributed by atoms with E-state index < -0.39 is 0 Å². The number of rotatable bonds is 1. The number of nitrogens with zero attached hydrogens (tertiary/aromatic N) is 4. The molecule has 0 radical (unpaired) electrons. The smallest absolute Gasteiger partial charge is 0.182 e. The molecule has 0 atom stereocenters. The minimum Gasteiger partial charge on any atom is -0.508 e. The third-order valence-corrected chi connectivity index (χ3v) is 5.84. The number of fused-ring (bicyclic) bond motifs is 5. The summed E-state index contributed by atoms with van der Waals surface area (Å²) in [6, 6.07) is 7.07. The summed E-state index contributed by atoms with van der Waals surface area (Å²) in [5.74, 6) is 1.69. The number of hydrogen-bond donors (Lipinski definition) is 1. The average molecular weight is 336 g/mol. The Hall–Kier alpha value is -2.47. The van der Waals surface area contributed by atoms with Crippen molar-refractivity contribution in [3.8, 4) is 17.1 Å². The van der Waals surface area contributed by atoms with Crippen molar-refractivity contribution in [1.82, 2.24) is 19.6 Å². The summed E-state index contributed by atoms with van der Waals surface area (Å²) in [5.41, 5.74) is 3.11. The van der Waals surface area contributed by atoms with Gasteiger partial charge in [-0.1, -0.05) is 12.1 Å². The molecule has 3 aromatic heterocycles. The van der Waals surface area contributed by atoms with Gasteiger partial charge in [0, 0.05) is 10.4 Å². The maximum atomic E-state index is 9.73. The number of aromatic hydroxyl groups is 1. The fraction of sp³-hybridized carbons (Fsp3) is 0.278. The van der Waals surface area contributed by atoms with Crippen molar-refractivity contribution >= 4 is 27.2 Å². The Morgan fingerprint density at radius 1 is 1.17 bits per heavy atom. The van der Waals surface area contributed by atoms with E-state index in [1.807, 2.05) is 23.6 Å². The molecule has 24 heavy (non-hydrogen) atoms. The maximum Gasteiger partial charge on any atom is 0.182 e. The molecule has 1 aromatic carbocycles. The van der Waals surface area contributed by atoms with Crippen LogP contribution in [0.2, 0.25) is 0 Å². The van der Waals surface area contributed by atoms with Crippen LogP contribution in [-0.2, 0) is 12.8 Å². The summed E-state index contributed by atoms with van der Waals surface area (Å²) in [4.78, 5) is 12.1. The van der Waals surface area contributed by atoms with Gasteiger partial charge in [0.15, 0.2) is 11.5 Å².